The Kier molecular flexibility index (Phi) is 6.46. The zero-order chi connectivity index (χ0) is 25.1. The molecule has 0 saturated heterocycles. The molecule has 9 heteroatoms. The first-order valence-electron chi connectivity index (χ1n) is 11.6. The molecule has 2 bridgehead atoms. The third kappa shape index (κ3) is 4.69. The monoisotopic (exact) mass is 483 g/mol. The Morgan fingerprint density at radius 3 is 1.22 bits per heavy atom. The van der Waals surface area contributed by atoms with Crippen molar-refractivity contribution in [2.75, 3.05) is 0 Å². The van der Waals surface area contributed by atoms with Crippen molar-refractivity contribution in [1.82, 2.24) is 14.7 Å². The number of hydrogen-bond donors (Lipinski definition) is 0. The molecule has 0 fully saturated rings. The molecule has 5 rings (SSSR count). The van der Waals surface area contributed by atoms with Gasteiger partial charge in [-0.25, -0.2) is 4.90 Å². The van der Waals surface area contributed by atoms with Crippen LogP contribution in [0.2, 0.25) is 0 Å². The van der Waals surface area contributed by atoms with Crippen molar-refractivity contribution in [1.29, 1.82) is 0 Å². The lowest BCUT2D eigenvalue weighted by atomic mass is 10.0. The lowest BCUT2D eigenvalue weighted by Crippen LogP contribution is -2.64. The summed E-state index contributed by atoms with van der Waals surface area (Å²) in [6, 6.07) is 28.5. The highest BCUT2D eigenvalue weighted by atomic mass is 16.6. The maximum Gasteiger partial charge on any atom is 0.299 e. The molecule has 0 aromatic heterocycles. The van der Waals surface area contributed by atoms with Gasteiger partial charge in [0.15, 0.2) is 12.3 Å². The molecule has 0 saturated carbocycles. The minimum Gasteiger partial charge on any atom is -0.343 e. The molecule has 2 atom stereocenters. The van der Waals surface area contributed by atoms with Crippen LogP contribution in [0.5, 0.6) is 0 Å². The molecular weight excluding hydrogens is 458 g/mol. The van der Waals surface area contributed by atoms with E-state index in [-0.39, 0.29) is 21.2 Å². The minimum atomic E-state index is -0.777. The normalized spacial score (nSPS) is 19.4. The number of nitro groups is 2. The highest BCUT2D eigenvalue weighted by Gasteiger charge is 2.52. The first kappa shape index (κ1) is 23.3. The van der Waals surface area contributed by atoms with Crippen molar-refractivity contribution in [3.8, 4) is 0 Å². The first-order chi connectivity index (χ1) is 17.5. The fraction of sp³-hybridized carbons (Fsp3) is 0.185. The summed E-state index contributed by atoms with van der Waals surface area (Å²) in [6.45, 7) is 0.901. The summed E-state index contributed by atoms with van der Waals surface area (Å²) >= 11 is 0. The molecule has 2 unspecified atom stereocenters. The van der Waals surface area contributed by atoms with Gasteiger partial charge in [-0.15, -0.1) is 0 Å². The van der Waals surface area contributed by atoms with Gasteiger partial charge in [-0.2, -0.15) is 0 Å². The van der Waals surface area contributed by atoms with Gasteiger partial charge >= 0.3 is 0 Å². The quantitative estimate of drug-likeness (QED) is 0.346. The standard InChI is InChI=1S/C27H25N5O4/c33-31(34)24-19-28(16-21-10-4-1-5-11-21)26-25(32(35)36)20-29(17-22-12-6-2-7-13-22)27(24)30(26)18-23-14-8-3-9-15-23/h1-15,19-20,26-27H,16-18H2. The van der Waals surface area contributed by atoms with Crippen LogP contribution in [0.1, 0.15) is 16.7 Å². The van der Waals surface area contributed by atoms with E-state index >= 15 is 0 Å². The molecule has 9 nitrogen and oxygen atoms in total. The van der Waals surface area contributed by atoms with E-state index in [2.05, 4.69) is 0 Å². The van der Waals surface area contributed by atoms with E-state index in [4.69, 9.17) is 0 Å². The Balaban J connectivity index is 1.63. The molecule has 2 heterocycles. The zero-order valence-electron chi connectivity index (χ0n) is 19.5. The highest BCUT2D eigenvalue weighted by molar-refractivity contribution is 5.26. The van der Waals surface area contributed by atoms with Gasteiger partial charge < -0.3 is 9.80 Å². The second-order valence-corrected chi connectivity index (χ2v) is 8.84. The average Bonchev–Trinajstić information content (AvgIpc) is 2.88. The second kappa shape index (κ2) is 10.0. The van der Waals surface area contributed by atoms with E-state index in [1.54, 1.807) is 9.80 Å². The van der Waals surface area contributed by atoms with Crippen LogP contribution in [0.3, 0.4) is 0 Å². The molecule has 0 radical (unpaired) electrons. The van der Waals surface area contributed by atoms with E-state index in [1.165, 1.54) is 12.4 Å². The fourth-order valence-corrected chi connectivity index (χ4v) is 4.91. The van der Waals surface area contributed by atoms with Crippen LogP contribution in [0.15, 0.2) is 115 Å². The maximum absolute atomic E-state index is 12.4. The molecule has 2 aliphatic rings. The van der Waals surface area contributed by atoms with Gasteiger partial charge in [0, 0.05) is 19.6 Å². The van der Waals surface area contributed by atoms with Crippen molar-refractivity contribution < 1.29 is 9.85 Å². The Hall–Kier alpha value is -4.50. The summed E-state index contributed by atoms with van der Waals surface area (Å²) in [7, 11) is 0. The van der Waals surface area contributed by atoms with Crippen LogP contribution < -0.4 is 0 Å². The van der Waals surface area contributed by atoms with Crippen LogP contribution >= 0.6 is 0 Å². The molecule has 0 spiro atoms. The van der Waals surface area contributed by atoms with Crippen molar-refractivity contribution >= 4 is 0 Å². The molecule has 0 N–H and O–H groups in total. The van der Waals surface area contributed by atoms with E-state index in [9.17, 15) is 20.2 Å². The van der Waals surface area contributed by atoms with E-state index in [1.807, 2.05) is 95.9 Å². The summed E-state index contributed by atoms with van der Waals surface area (Å²) in [5.41, 5.74) is 2.69. The largest absolute Gasteiger partial charge is 0.343 e. The number of hydrogen-bond acceptors (Lipinski definition) is 7. The molecule has 3 aromatic rings. The summed E-state index contributed by atoms with van der Waals surface area (Å²) in [5, 5.41) is 24.7. The number of rotatable bonds is 8. The lowest BCUT2D eigenvalue weighted by Gasteiger charge is -2.49. The zero-order valence-corrected chi connectivity index (χ0v) is 19.5. The van der Waals surface area contributed by atoms with Crippen LogP contribution in [0.25, 0.3) is 0 Å². The van der Waals surface area contributed by atoms with Gasteiger partial charge in [-0.3, -0.25) is 20.2 Å². The SMILES string of the molecule is O=[N+]([O-])C1=CN(Cc2ccccc2)C2C([N+](=O)[O-])=CN(Cc3ccccc3)C1N2Cc1ccccc1. The first-order valence-corrected chi connectivity index (χ1v) is 11.6. The molecule has 0 amide bonds. The van der Waals surface area contributed by atoms with Crippen molar-refractivity contribution in [2.24, 2.45) is 0 Å². The molecule has 182 valence electrons. The van der Waals surface area contributed by atoms with Crippen LogP contribution in [-0.4, -0.2) is 36.9 Å². The van der Waals surface area contributed by atoms with Gasteiger partial charge in [0.25, 0.3) is 11.4 Å². The molecule has 36 heavy (non-hydrogen) atoms. The molecule has 3 aromatic carbocycles. The maximum atomic E-state index is 12.4. The van der Waals surface area contributed by atoms with E-state index in [0.717, 1.165) is 16.7 Å². The third-order valence-electron chi connectivity index (χ3n) is 6.43. The van der Waals surface area contributed by atoms with Crippen molar-refractivity contribution in [2.45, 2.75) is 32.0 Å². The van der Waals surface area contributed by atoms with E-state index in [0.29, 0.717) is 19.6 Å². The van der Waals surface area contributed by atoms with E-state index < -0.39 is 12.3 Å². The summed E-state index contributed by atoms with van der Waals surface area (Å²) in [5.74, 6) is 0. The van der Waals surface area contributed by atoms with Crippen LogP contribution in [0, 0.1) is 20.2 Å². The molecule has 0 aliphatic carbocycles. The van der Waals surface area contributed by atoms with Gasteiger partial charge in [0.05, 0.1) is 22.2 Å². The Morgan fingerprint density at radius 1 is 0.556 bits per heavy atom. The van der Waals surface area contributed by atoms with Gasteiger partial charge in [0.2, 0.25) is 0 Å². The number of fused-ring (bicyclic) bond motifs is 2. The molecule has 2 aliphatic heterocycles. The Morgan fingerprint density at radius 2 is 0.889 bits per heavy atom. The number of benzene rings is 3. The van der Waals surface area contributed by atoms with Crippen molar-refractivity contribution in [3.63, 3.8) is 0 Å². The third-order valence-corrected chi connectivity index (χ3v) is 6.43. The Labute approximate surface area is 208 Å². The van der Waals surface area contributed by atoms with Gasteiger partial charge in [0.1, 0.15) is 0 Å². The minimum absolute atomic E-state index is 0.0207. The van der Waals surface area contributed by atoms with Crippen molar-refractivity contribution in [3.05, 3.63) is 152 Å². The highest BCUT2D eigenvalue weighted by Crippen LogP contribution is 2.38. The number of nitrogens with zero attached hydrogens (tertiary/aromatic N) is 5. The average molecular weight is 484 g/mol. The summed E-state index contributed by atoms with van der Waals surface area (Å²) in [4.78, 5) is 29.3. The summed E-state index contributed by atoms with van der Waals surface area (Å²) in [6.07, 6.45) is 1.42. The lowest BCUT2D eigenvalue weighted by molar-refractivity contribution is -0.460. The van der Waals surface area contributed by atoms with Gasteiger partial charge in [-0.05, 0) is 16.7 Å². The molecular formula is C27H25N5O4. The van der Waals surface area contributed by atoms with Crippen LogP contribution in [-0.2, 0) is 19.6 Å². The Bertz CT molecular complexity index is 1220. The second-order valence-electron chi connectivity index (χ2n) is 8.84. The van der Waals surface area contributed by atoms with Crippen LogP contribution in [0.4, 0.5) is 0 Å². The summed E-state index contributed by atoms with van der Waals surface area (Å²) < 4.78 is 0. The predicted octanol–water partition coefficient (Wildman–Crippen LogP) is 4.41. The van der Waals surface area contributed by atoms with Gasteiger partial charge in [-0.1, -0.05) is 91.0 Å². The topological polar surface area (TPSA) is 96.0 Å². The fourth-order valence-electron chi connectivity index (χ4n) is 4.91. The predicted molar refractivity (Wildman–Crippen MR) is 134 cm³/mol. The smallest absolute Gasteiger partial charge is 0.299 e.